The summed E-state index contributed by atoms with van der Waals surface area (Å²) >= 11 is 0. The molecule has 0 radical (unpaired) electrons. The minimum absolute atomic E-state index is 0.00739. The van der Waals surface area contributed by atoms with Crippen molar-refractivity contribution in [2.24, 2.45) is 0 Å². The molecule has 0 saturated heterocycles. The van der Waals surface area contributed by atoms with Crippen LogP contribution in [0.25, 0.3) is 0 Å². The van der Waals surface area contributed by atoms with Crippen molar-refractivity contribution in [3.05, 3.63) is 53.9 Å². The Morgan fingerprint density at radius 2 is 1.96 bits per heavy atom. The van der Waals surface area contributed by atoms with Gasteiger partial charge in [0.15, 0.2) is 0 Å². The van der Waals surface area contributed by atoms with Crippen molar-refractivity contribution in [1.29, 1.82) is 0 Å². The molecule has 1 aromatic carbocycles. The van der Waals surface area contributed by atoms with Crippen LogP contribution in [-0.4, -0.2) is 32.3 Å². The predicted octanol–water partition coefficient (Wildman–Crippen LogP) is 2.10. The highest BCUT2D eigenvalue weighted by Crippen LogP contribution is 2.44. The number of hydrogen-bond acceptors (Lipinski definition) is 3. The third-order valence-electron chi connectivity index (χ3n) is 4.43. The summed E-state index contributed by atoms with van der Waals surface area (Å²) in [6.45, 7) is 0.608. The Morgan fingerprint density at radius 3 is 2.50 bits per heavy atom. The maximum Gasteiger partial charge on any atom is 0.352 e. The van der Waals surface area contributed by atoms with E-state index in [0.29, 0.717) is 18.5 Å². The van der Waals surface area contributed by atoms with Crippen LogP contribution in [-0.2, 0) is 17.9 Å². The van der Waals surface area contributed by atoms with Gasteiger partial charge in [-0.1, -0.05) is 24.3 Å². The van der Waals surface area contributed by atoms with Gasteiger partial charge >= 0.3 is 5.92 Å². The second-order valence-corrected chi connectivity index (χ2v) is 6.16. The Kier molecular flexibility index (Phi) is 4.36. The summed E-state index contributed by atoms with van der Waals surface area (Å²) in [7, 11) is 0. The van der Waals surface area contributed by atoms with Gasteiger partial charge in [-0.2, -0.15) is 13.9 Å². The normalized spacial score (nSPS) is 16.5. The van der Waals surface area contributed by atoms with Crippen LogP contribution in [0.15, 0.2) is 42.7 Å². The molecule has 0 spiro atoms. The molecule has 1 aromatic heterocycles. The Morgan fingerprint density at radius 1 is 1.29 bits per heavy atom. The van der Waals surface area contributed by atoms with Crippen molar-refractivity contribution < 1.29 is 18.7 Å². The number of hydrogen-bond donors (Lipinski definition) is 2. The molecule has 128 valence electrons. The molecule has 0 atom stereocenters. The van der Waals surface area contributed by atoms with Crippen LogP contribution in [0.2, 0.25) is 0 Å². The number of carbonyl (C=O) groups excluding carboxylic acids is 1. The van der Waals surface area contributed by atoms with Crippen molar-refractivity contribution in [1.82, 2.24) is 15.1 Å². The lowest BCUT2D eigenvalue weighted by Gasteiger charge is -2.41. The van der Waals surface area contributed by atoms with Crippen LogP contribution in [0, 0.1) is 0 Å². The summed E-state index contributed by atoms with van der Waals surface area (Å²) in [4.78, 5) is 11.7. The lowest BCUT2D eigenvalue weighted by molar-refractivity contribution is -0.216. The third-order valence-corrected chi connectivity index (χ3v) is 4.43. The van der Waals surface area contributed by atoms with Crippen LogP contribution in [0.1, 0.15) is 30.4 Å². The van der Waals surface area contributed by atoms with Crippen molar-refractivity contribution in [2.45, 2.75) is 43.9 Å². The highest BCUT2D eigenvalue weighted by Gasteiger charge is 2.61. The summed E-state index contributed by atoms with van der Waals surface area (Å²) in [5.41, 5.74) is -0.461. The van der Waals surface area contributed by atoms with Crippen molar-refractivity contribution >= 4 is 5.91 Å². The highest BCUT2D eigenvalue weighted by atomic mass is 19.3. The Bertz CT molecular complexity index is 695. The van der Waals surface area contributed by atoms with Crippen LogP contribution in [0.5, 0.6) is 0 Å². The molecular formula is C17H19F2N3O2. The van der Waals surface area contributed by atoms with Crippen molar-refractivity contribution in [2.75, 3.05) is 0 Å². The van der Waals surface area contributed by atoms with Crippen LogP contribution >= 0.6 is 0 Å². The van der Waals surface area contributed by atoms with Gasteiger partial charge in [-0.25, -0.2) is 0 Å². The van der Waals surface area contributed by atoms with Crippen molar-refractivity contribution in [3.63, 3.8) is 0 Å². The SMILES string of the molecule is O=C(NCc1ccc(Cn2cccn2)cc1)C(F)(F)C1(O)CCC1. The number of rotatable bonds is 6. The fourth-order valence-electron chi connectivity index (χ4n) is 2.67. The van der Waals surface area contributed by atoms with E-state index in [9.17, 15) is 18.7 Å². The highest BCUT2D eigenvalue weighted by molar-refractivity contribution is 5.85. The van der Waals surface area contributed by atoms with E-state index in [2.05, 4.69) is 10.4 Å². The van der Waals surface area contributed by atoms with E-state index in [1.165, 1.54) is 0 Å². The number of aliphatic hydroxyl groups is 1. The van der Waals surface area contributed by atoms with Crippen LogP contribution in [0.4, 0.5) is 8.78 Å². The minimum Gasteiger partial charge on any atom is -0.383 e. The quantitative estimate of drug-likeness (QED) is 0.849. The molecule has 1 aliphatic carbocycles. The van der Waals surface area contributed by atoms with Crippen LogP contribution < -0.4 is 5.32 Å². The molecule has 1 amide bonds. The first-order valence-electron chi connectivity index (χ1n) is 7.84. The molecule has 1 heterocycles. The van der Waals surface area contributed by atoms with E-state index in [1.807, 2.05) is 24.4 Å². The van der Waals surface area contributed by atoms with E-state index in [1.54, 1.807) is 23.0 Å². The molecule has 3 rings (SSSR count). The second kappa shape index (κ2) is 6.32. The average molecular weight is 335 g/mol. The fraction of sp³-hybridized carbons (Fsp3) is 0.412. The molecule has 2 N–H and O–H groups in total. The predicted molar refractivity (Wildman–Crippen MR) is 83.4 cm³/mol. The van der Waals surface area contributed by atoms with E-state index < -0.39 is 17.4 Å². The van der Waals surface area contributed by atoms with E-state index >= 15 is 0 Å². The average Bonchev–Trinajstić information content (AvgIpc) is 3.04. The van der Waals surface area contributed by atoms with Gasteiger partial charge in [0.05, 0.1) is 6.54 Å². The molecule has 1 saturated carbocycles. The number of benzene rings is 1. The Labute approximate surface area is 138 Å². The summed E-state index contributed by atoms with van der Waals surface area (Å²) in [5.74, 6) is -5.18. The molecule has 7 heteroatoms. The van der Waals surface area contributed by atoms with Gasteiger partial charge in [0.1, 0.15) is 5.60 Å². The smallest absolute Gasteiger partial charge is 0.352 e. The van der Waals surface area contributed by atoms with E-state index in [4.69, 9.17) is 0 Å². The lowest BCUT2D eigenvalue weighted by Crippen LogP contribution is -2.60. The van der Waals surface area contributed by atoms with Gasteiger partial charge in [-0.3, -0.25) is 9.48 Å². The maximum absolute atomic E-state index is 14.0. The number of halogens is 2. The van der Waals surface area contributed by atoms with Gasteiger partial charge in [0.2, 0.25) is 0 Å². The molecule has 24 heavy (non-hydrogen) atoms. The van der Waals surface area contributed by atoms with Gasteiger partial charge in [-0.05, 0) is 36.5 Å². The molecule has 1 aliphatic rings. The number of aromatic nitrogens is 2. The van der Waals surface area contributed by atoms with Crippen molar-refractivity contribution in [3.8, 4) is 0 Å². The number of nitrogens with zero attached hydrogens (tertiary/aromatic N) is 2. The molecule has 5 nitrogen and oxygen atoms in total. The standard InChI is InChI=1S/C17H19F2N3O2/c18-17(19,16(24)7-1-8-16)15(23)20-11-13-3-5-14(6-4-13)12-22-10-2-9-21-22/h2-6,9-10,24H,1,7-8,11-12H2,(H,20,23). The summed E-state index contributed by atoms with van der Waals surface area (Å²) in [5, 5.41) is 16.1. The molecule has 0 unspecified atom stereocenters. The Balaban J connectivity index is 1.55. The first-order chi connectivity index (χ1) is 11.4. The summed E-state index contributed by atoms with van der Waals surface area (Å²) < 4.78 is 29.7. The molecule has 0 aliphatic heterocycles. The van der Waals surface area contributed by atoms with E-state index in [-0.39, 0.29) is 19.4 Å². The number of alkyl halides is 2. The lowest BCUT2D eigenvalue weighted by atomic mass is 9.75. The first kappa shape index (κ1) is 16.6. The summed E-state index contributed by atoms with van der Waals surface area (Å²) in [6.07, 6.45) is 3.96. The number of carbonyl (C=O) groups is 1. The van der Waals surface area contributed by atoms with Gasteiger partial charge < -0.3 is 10.4 Å². The third kappa shape index (κ3) is 3.17. The van der Waals surface area contributed by atoms with Gasteiger partial charge in [-0.15, -0.1) is 0 Å². The zero-order valence-corrected chi connectivity index (χ0v) is 13.1. The minimum atomic E-state index is -3.76. The monoisotopic (exact) mass is 335 g/mol. The topological polar surface area (TPSA) is 67.2 Å². The molecule has 2 aromatic rings. The van der Waals surface area contributed by atoms with Gasteiger partial charge in [0.25, 0.3) is 5.91 Å². The molecule has 1 fully saturated rings. The second-order valence-electron chi connectivity index (χ2n) is 6.16. The van der Waals surface area contributed by atoms with Crippen LogP contribution in [0.3, 0.4) is 0 Å². The number of amides is 1. The van der Waals surface area contributed by atoms with Gasteiger partial charge in [0, 0.05) is 18.9 Å². The number of nitrogens with one attached hydrogen (secondary N) is 1. The molecular weight excluding hydrogens is 316 g/mol. The fourth-order valence-corrected chi connectivity index (χ4v) is 2.67. The first-order valence-corrected chi connectivity index (χ1v) is 7.84. The molecule has 0 bridgehead atoms. The largest absolute Gasteiger partial charge is 0.383 e. The zero-order valence-electron chi connectivity index (χ0n) is 13.1. The maximum atomic E-state index is 14.0. The van der Waals surface area contributed by atoms with E-state index in [0.717, 1.165) is 5.56 Å². The Hall–Kier alpha value is -2.28. The summed E-state index contributed by atoms with van der Waals surface area (Å²) in [6, 6.07) is 9.10. The zero-order chi connectivity index (χ0) is 17.2.